The van der Waals surface area contributed by atoms with E-state index in [9.17, 15) is 24.3 Å². The topological polar surface area (TPSA) is 121 Å². The minimum absolute atomic E-state index is 0.0636. The molecule has 8 nitrogen and oxygen atoms in total. The van der Waals surface area contributed by atoms with Gasteiger partial charge in [0.05, 0.1) is 10.9 Å². The van der Waals surface area contributed by atoms with Crippen molar-refractivity contribution in [1.29, 1.82) is 0 Å². The summed E-state index contributed by atoms with van der Waals surface area (Å²) in [5, 5.41) is 12.3. The number of carbonyl (C=O) groups is 2. The molecule has 3 rings (SSSR count). The van der Waals surface area contributed by atoms with Crippen molar-refractivity contribution in [2.45, 2.75) is 44.7 Å². The molecule has 3 N–H and O–H groups in total. The quantitative estimate of drug-likeness (QED) is 0.487. The van der Waals surface area contributed by atoms with E-state index in [1.54, 1.807) is 48.5 Å². The number of para-hydroxylation sites is 1. The van der Waals surface area contributed by atoms with Crippen molar-refractivity contribution in [3.8, 4) is 0 Å². The molecule has 0 spiro atoms. The Morgan fingerprint density at radius 2 is 1.74 bits per heavy atom. The second-order valence-electron chi connectivity index (χ2n) is 7.40. The van der Waals surface area contributed by atoms with Crippen LogP contribution in [0.2, 0.25) is 0 Å². The van der Waals surface area contributed by atoms with Gasteiger partial charge in [-0.05, 0) is 24.1 Å². The highest BCUT2D eigenvalue weighted by Crippen LogP contribution is 2.14. The second kappa shape index (κ2) is 9.88. The van der Waals surface area contributed by atoms with Gasteiger partial charge in [0.2, 0.25) is 5.91 Å². The Morgan fingerprint density at radius 1 is 1.06 bits per heavy atom. The third-order valence-electron chi connectivity index (χ3n) is 5.18. The van der Waals surface area contributed by atoms with Crippen LogP contribution in [0, 0.1) is 0 Å². The van der Waals surface area contributed by atoms with E-state index in [1.807, 2.05) is 13.0 Å². The molecule has 0 radical (unpaired) electrons. The minimum atomic E-state index is -1.20. The zero-order chi connectivity index (χ0) is 22.4. The summed E-state index contributed by atoms with van der Waals surface area (Å²) in [4.78, 5) is 53.4. The van der Waals surface area contributed by atoms with E-state index in [2.05, 4.69) is 10.3 Å². The number of carboxylic acid groups (broad SMARTS) is 1. The maximum atomic E-state index is 13.2. The Balaban J connectivity index is 2.06. The average molecular weight is 423 g/mol. The number of carboxylic acids is 1. The number of aliphatic carboxylic acids is 1. The summed E-state index contributed by atoms with van der Waals surface area (Å²) < 4.78 is 0.878. The Bertz CT molecular complexity index is 1180. The monoisotopic (exact) mass is 423 g/mol. The first-order valence-corrected chi connectivity index (χ1v) is 10.2. The number of aromatic nitrogens is 2. The molecule has 1 amide bonds. The summed E-state index contributed by atoms with van der Waals surface area (Å²) >= 11 is 0. The van der Waals surface area contributed by atoms with E-state index in [0.29, 0.717) is 11.9 Å². The first kappa shape index (κ1) is 22.0. The molecule has 0 bridgehead atoms. The van der Waals surface area contributed by atoms with Gasteiger partial charge in [-0.25, -0.2) is 14.2 Å². The van der Waals surface area contributed by atoms with E-state index >= 15 is 0 Å². The van der Waals surface area contributed by atoms with Crippen LogP contribution in [0.15, 0.2) is 64.2 Å². The fourth-order valence-corrected chi connectivity index (χ4v) is 3.53. The number of aromatic amines is 1. The summed E-state index contributed by atoms with van der Waals surface area (Å²) in [6.07, 6.45) is 1.72. The number of nitrogens with zero attached hydrogens (tertiary/aromatic N) is 1. The number of hydrogen-bond donors (Lipinski definition) is 3. The molecule has 0 aliphatic rings. The third kappa shape index (κ3) is 5.09. The van der Waals surface area contributed by atoms with Gasteiger partial charge < -0.3 is 15.4 Å². The van der Waals surface area contributed by atoms with Crippen LogP contribution in [0.3, 0.4) is 0 Å². The van der Waals surface area contributed by atoms with Gasteiger partial charge in [-0.1, -0.05) is 62.2 Å². The zero-order valence-corrected chi connectivity index (χ0v) is 17.2. The molecule has 0 unspecified atom stereocenters. The summed E-state index contributed by atoms with van der Waals surface area (Å²) in [6, 6.07) is 13.2. The molecule has 3 aromatic rings. The number of rotatable bonds is 9. The van der Waals surface area contributed by atoms with Crippen LogP contribution in [0.1, 0.15) is 37.8 Å². The first-order chi connectivity index (χ1) is 14.9. The normalized spacial score (nSPS) is 12.9. The van der Waals surface area contributed by atoms with Crippen molar-refractivity contribution < 1.29 is 14.7 Å². The molecule has 2 atom stereocenters. The smallest absolute Gasteiger partial charge is 0.329 e. The molecule has 1 heterocycles. The summed E-state index contributed by atoms with van der Waals surface area (Å²) in [7, 11) is 0. The number of amides is 1. The predicted molar refractivity (Wildman–Crippen MR) is 117 cm³/mol. The van der Waals surface area contributed by atoms with Gasteiger partial charge in [-0.15, -0.1) is 0 Å². The molecule has 0 saturated heterocycles. The van der Waals surface area contributed by atoms with Gasteiger partial charge in [-0.3, -0.25) is 9.59 Å². The standard InChI is InChI=1S/C23H25N3O5/c1-2-3-12-18(22(29)30)24-20(27)19(14-15-9-5-4-6-10-15)26-21(28)16-11-7-8-13-17(16)25-23(26)31/h4-11,13,18-19H,2-3,12,14H2,1H3,(H,24,27)(H,25,31)(H,29,30)/t18-,19+/m0/s1. The highest BCUT2D eigenvalue weighted by Gasteiger charge is 2.29. The lowest BCUT2D eigenvalue weighted by atomic mass is 10.0. The molecular weight excluding hydrogens is 398 g/mol. The molecule has 0 aliphatic heterocycles. The van der Waals surface area contributed by atoms with Gasteiger partial charge >= 0.3 is 11.7 Å². The van der Waals surface area contributed by atoms with Crippen LogP contribution in [-0.2, 0) is 16.0 Å². The van der Waals surface area contributed by atoms with Crippen LogP contribution in [0.5, 0.6) is 0 Å². The van der Waals surface area contributed by atoms with E-state index in [0.717, 1.165) is 16.6 Å². The largest absolute Gasteiger partial charge is 0.480 e. The lowest BCUT2D eigenvalue weighted by molar-refractivity contribution is -0.142. The molecular formula is C23H25N3O5. The summed E-state index contributed by atoms with van der Waals surface area (Å²) in [6.45, 7) is 1.92. The van der Waals surface area contributed by atoms with E-state index in [1.165, 1.54) is 0 Å². The Hall–Kier alpha value is -3.68. The summed E-state index contributed by atoms with van der Waals surface area (Å²) in [5.74, 6) is -1.84. The number of fused-ring (bicyclic) bond motifs is 1. The number of carbonyl (C=O) groups excluding carboxylic acids is 1. The van der Waals surface area contributed by atoms with Gasteiger partial charge in [0.15, 0.2) is 0 Å². The predicted octanol–water partition coefficient (Wildman–Crippen LogP) is 2.23. The van der Waals surface area contributed by atoms with Crippen molar-refractivity contribution >= 4 is 22.8 Å². The van der Waals surface area contributed by atoms with Crippen LogP contribution < -0.4 is 16.6 Å². The van der Waals surface area contributed by atoms with E-state index < -0.39 is 35.2 Å². The van der Waals surface area contributed by atoms with Crippen LogP contribution in [0.25, 0.3) is 10.9 Å². The molecule has 162 valence electrons. The maximum Gasteiger partial charge on any atom is 0.329 e. The van der Waals surface area contributed by atoms with Crippen molar-refractivity contribution in [1.82, 2.24) is 14.9 Å². The lowest BCUT2D eigenvalue weighted by Crippen LogP contribution is -2.49. The molecule has 0 fully saturated rings. The van der Waals surface area contributed by atoms with Crippen molar-refractivity contribution in [2.75, 3.05) is 0 Å². The maximum absolute atomic E-state index is 13.2. The van der Waals surface area contributed by atoms with Gasteiger partial charge in [0.1, 0.15) is 12.1 Å². The molecule has 8 heteroatoms. The molecule has 31 heavy (non-hydrogen) atoms. The fraction of sp³-hybridized carbons (Fsp3) is 0.304. The molecule has 0 aliphatic carbocycles. The molecule has 2 aromatic carbocycles. The number of nitrogens with one attached hydrogen (secondary N) is 2. The third-order valence-corrected chi connectivity index (χ3v) is 5.18. The zero-order valence-electron chi connectivity index (χ0n) is 17.2. The highest BCUT2D eigenvalue weighted by atomic mass is 16.4. The van der Waals surface area contributed by atoms with Crippen molar-refractivity contribution in [3.63, 3.8) is 0 Å². The molecule has 0 saturated carbocycles. The van der Waals surface area contributed by atoms with Crippen LogP contribution >= 0.6 is 0 Å². The lowest BCUT2D eigenvalue weighted by Gasteiger charge is -2.22. The number of hydrogen-bond acceptors (Lipinski definition) is 4. The Labute approximate surface area is 178 Å². The molecule has 1 aromatic heterocycles. The van der Waals surface area contributed by atoms with E-state index in [-0.39, 0.29) is 18.2 Å². The minimum Gasteiger partial charge on any atom is -0.480 e. The number of benzene rings is 2. The van der Waals surface area contributed by atoms with Crippen molar-refractivity contribution in [2.24, 2.45) is 0 Å². The van der Waals surface area contributed by atoms with Crippen molar-refractivity contribution in [3.05, 3.63) is 81.0 Å². The average Bonchev–Trinajstić information content (AvgIpc) is 2.76. The van der Waals surface area contributed by atoms with Gasteiger partial charge in [0.25, 0.3) is 5.56 Å². The number of unbranched alkanes of at least 4 members (excludes halogenated alkanes) is 1. The highest BCUT2D eigenvalue weighted by molar-refractivity contribution is 5.86. The number of H-pyrrole nitrogens is 1. The second-order valence-corrected chi connectivity index (χ2v) is 7.40. The SMILES string of the molecule is CCCC[C@H](NC(=O)[C@@H](Cc1ccccc1)n1c(=O)[nH]c2ccccc2c1=O)C(=O)O. The van der Waals surface area contributed by atoms with Crippen LogP contribution in [0.4, 0.5) is 0 Å². The Morgan fingerprint density at radius 3 is 2.42 bits per heavy atom. The van der Waals surface area contributed by atoms with E-state index in [4.69, 9.17) is 0 Å². The van der Waals surface area contributed by atoms with Gasteiger partial charge in [0, 0.05) is 6.42 Å². The van der Waals surface area contributed by atoms with Gasteiger partial charge in [-0.2, -0.15) is 0 Å². The van der Waals surface area contributed by atoms with Crippen LogP contribution in [-0.4, -0.2) is 32.6 Å². The summed E-state index contributed by atoms with van der Waals surface area (Å²) in [5.41, 5.74) is -0.211. The Kier molecular flexibility index (Phi) is 7.02. The fourth-order valence-electron chi connectivity index (χ4n) is 3.53. The first-order valence-electron chi connectivity index (χ1n) is 10.2.